The Morgan fingerprint density at radius 3 is 2.67 bits per heavy atom. The zero-order chi connectivity index (χ0) is 18.5. The lowest BCUT2D eigenvalue weighted by Crippen LogP contribution is -2.42. The molecular weight excluding hydrogens is 356 g/mol. The van der Waals surface area contributed by atoms with Crippen molar-refractivity contribution in [1.29, 1.82) is 0 Å². The minimum Gasteiger partial charge on any atom is -0.457 e. The van der Waals surface area contributed by atoms with Crippen LogP contribution in [0, 0.1) is 0 Å². The SMILES string of the molecule is C[C@@H]1CCC[C@H](C)N1Cc1cc2c(N)nc(-c3ccc(C4CC4)o3)nc2s1. The average Bonchev–Trinajstić information content (AvgIpc) is 3.22. The fraction of sp³-hybridized carbons (Fsp3) is 0.524. The van der Waals surface area contributed by atoms with Crippen molar-refractivity contribution in [2.45, 2.75) is 70.5 Å². The van der Waals surface area contributed by atoms with Gasteiger partial charge in [-0.2, -0.15) is 0 Å². The minimum atomic E-state index is 0.543. The summed E-state index contributed by atoms with van der Waals surface area (Å²) < 4.78 is 5.97. The normalized spacial score (nSPS) is 23.9. The van der Waals surface area contributed by atoms with E-state index in [0.29, 0.717) is 29.6 Å². The Morgan fingerprint density at radius 2 is 1.93 bits per heavy atom. The Bertz CT molecular complexity index is 964. The number of likely N-dealkylation sites (tertiary alicyclic amines) is 1. The molecule has 1 aliphatic heterocycles. The highest BCUT2D eigenvalue weighted by molar-refractivity contribution is 7.18. The van der Waals surface area contributed by atoms with E-state index in [0.717, 1.165) is 28.3 Å². The molecule has 0 radical (unpaired) electrons. The fourth-order valence-electron chi connectivity index (χ4n) is 4.21. The number of furan rings is 1. The van der Waals surface area contributed by atoms with Gasteiger partial charge in [0.25, 0.3) is 0 Å². The molecule has 6 heteroatoms. The molecule has 27 heavy (non-hydrogen) atoms. The van der Waals surface area contributed by atoms with Gasteiger partial charge < -0.3 is 10.2 Å². The largest absolute Gasteiger partial charge is 0.457 e. The Hall–Kier alpha value is -1.92. The number of nitrogen functional groups attached to an aromatic ring is 1. The van der Waals surface area contributed by atoms with Gasteiger partial charge in [-0.15, -0.1) is 11.3 Å². The van der Waals surface area contributed by atoms with Crippen molar-refractivity contribution in [3.63, 3.8) is 0 Å². The third-order valence-corrected chi connectivity index (χ3v) is 7.03. The summed E-state index contributed by atoms with van der Waals surface area (Å²) in [6.07, 6.45) is 6.33. The topological polar surface area (TPSA) is 68.2 Å². The molecule has 0 bridgehead atoms. The van der Waals surface area contributed by atoms with E-state index in [-0.39, 0.29) is 0 Å². The second kappa shape index (κ2) is 6.60. The molecule has 0 unspecified atom stereocenters. The van der Waals surface area contributed by atoms with Gasteiger partial charge in [-0.05, 0) is 57.7 Å². The summed E-state index contributed by atoms with van der Waals surface area (Å²) >= 11 is 1.73. The van der Waals surface area contributed by atoms with Crippen molar-refractivity contribution in [2.75, 3.05) is 5.73 Å². The van der Waals surface area contributed by atoms with E-state index in [1.54, 1.807) is 11.3 Å². The third-order valence-electron chi connectivity index (χ3n) is 6.01. The molecule has 2 atom stereocenters. The number of hydrogen-bond donors (Lipinski definition) is 1. The van der Waals surface area contributed by atoms with Gasteiger partial charge in [-0.3, -0.25) is 4.90 Å². The van der Waals surface area contributed by atoms with E-state index >= 15 is 0 Å². The first-order valence-corrected chi connectivity index (χ1v) is 10.8. The zero-order valence-electron chi connectivity index (χ0n) is 15.9. The molecule has 1 saturated heterocycles. The molecule has 0 spiro atoms. The number of nitrogens with zero attached hydrogens (tertiary/aromatic N) is 3. The summed E-state index contributed by atoms with van der Waals surface area (Å²) in [6.45, 7) is 5.64. The molecule has 4 heterocycles. The number of anilines is 1. The molecule has 5 nitrogen and oxygen atoms in total. The first kappa shape index (κ1) is 17.2. The smallest absolute Gasteiger partial charge is 0.199 e. The van der Waals surface area contributed by atoms with Crippen LogP contribution in [-0.4, -0.2) is 27.0 Å². The van der Waals surface area contributed by atoms with Crippen molar-refractivity contribution < 1.29 is 4.42 Å². The van der Waals surface area contributed by atoms with Crippen LogP contribution in [0.15, 0.2) is 22.6 Å². The van der Waals surface area contributed by atoms with Crippen LogP contribution < -0.4 is 5.73 Å². The van der Waals surface area contributed by atoms with E-state index in [9.17, 15) is 0 Å². The number of piperidine rings is 1. The van der Waals surface area contributed by atoms with E-state index in [2.05, 4.69) is 35.9 Å². The number of aromatic nitrogens is 2. The van der Waals surface area contributed by atoms with Gasteiger partial charge in [0.15, 0.2) is 11.6 Å². The van der Waals surface area contributed by atoms with Gasteiger partial charge in [0.1, 0.15) is 16.4 Å². The molecule has 0 aromatic carbocycles. The van der Waals surface area contributed by atoms with E-state index in [1.165, 1.54) is 37.0 Å². The highest BCUT2D eigenvalue weighted by atomic mass is 32.1. The van der Waals surface area contributed by atoms with Crippen LogP contribution in [0.3, 0.4) is 0 Å². The van der Waals surface area contributed by atoms with Crippen LogP contribution in [0.2, 0.25) is 0 Å². The maximum atomic E-state index is 6.27. The zero-order valence-corrected chi connectivity index (χ0v) is 16.8. The molecular formula is C21H26N4OS. The Balaban J connectivity index is 1.45. The van der Waals surface area contributed by atoms with Gasteiger partial charge in [-0.1, -0.05) is 6.42 Å². The molecule has 3 aromatic rings. The predicted octanol–water partition coefficient (Wildman–Crippen LogP) is 5.17. The number of thiophene rings is 1. The van der Waals surface area contributed by atoms with E-state index in [4.69, 9.17) is 15.1 Å². The summed E-state index contributed by atoms with van der Waals surface area (Å²) in [4.78, 5) is 14.2. The average molecular weight is 383 g/mol. The first-order chi connectivity index (χ1) is 13.1. The maximum Gasteiger partial charge on any atom is 0.199 e. The van der Waals surface area contributed by atoms with Crippen LogP contribution >= 0.6 is 11.3 Å². The molecule has 3 aromatic heterocycles. The first-order valence-electron chi connectivity index (χ1n) is 10.0. The van der Waals surface area contributed by atoms with Crippen molar-refractivity contribution in [3.05, 3.63) is 28.8 Å². The van der Waals surface area contributed by atoms with E-state index in [1.807, 2.05) is 6.07 Å². The molecule has 2 N–H and O–H groups in total. The number of rotatable bonds is 4. The fourth-order valence-corrected chi connectivity index (χ4v) is 5.25. The second-order valence-corrected chi connectivity index (χ2v) is 9.26. The van der Waals surface area contributed by atoms with Crippen LogP contribution in [0.25, 0.3) is 21.8 Å². The molecule has 2 aliphatic rings. The van der Waals surface area contributed by atoms with Crippen LogP contribution in [0.4, 0.5) is 5.82 Å². The lowest BCUT2D eigenvalue weighted by atomic mass is 9.97. The number of hydrogen-bond acceptors (Lipinski definition) is 6. The van der Waals surface area contributed by atoms with Gasteiger partial charge in [0.05, 0.1) is 5.39 Å². The third kappa shape index (κ3) is 3.25. The minimum absolute atomic E-state index is 0.543. The lowest BCUT2D eigenvalue weighted by molar-refractivity contribution is 0.0965. The van der Waals surface area contributed by atoms with Gasteiger partial charge in [0, 0.05) is 29.4 Å². The van der Waals surface area contributed by atoms with Crippen molar-refractivity contribution in [2.24, 2.45) is 0 Å². The highest BCUT2D eigenvalue weighted by Crippen LogP contribution is 2.42. The molecule has 1 aliphatic carbocycles. The second-order valence-electron chi connectivity index (χ2n) is 8.14. The van der Waals surface area contributed by atoms with Gasteiger partial charge in [0.2, 0.25) is 0 Å². The van der Waals surface area contributed by atoms with Crippen molar-refractivity contribution >= 4 is 27.4 Å². The van der Waals surface area contributed by atoms with Crippen LogP contribution in [0.5, 0.6) is 0 Å². The summed E-state index contributed by atoms with van der Waals surface area (Å²) in [7, 11) is 0. The molecule has 1 saturated carbocycles. The van der Waals surface area contributed by atoms with Gasteiger partial charge >= 0.3 is 0 Å². The number of nitrogens with two attached hydrogens (primary N) is 1. The van der Waals surface area contributed by atoms with Crippen LogP contribution in [-0.2, 0) is 6.54 Å². The Morgan fingerprint density at radius 1 is 1.15 bits per heavy atom. The van der Waals surface area contributed by atoms with E-state index < -0.39 is 0 Å². The summed E-state index contributed by atoms with van der Waals surface area (Å²) in [6, 6.07) is 7.45. The van der Waals surface area contributed by atoms with Crippen molar-refractivity contribution in [3.8, 4) is 11.6 Å². The molecule has 142 valence electrons. The summed E-state index contributed by atoms with van der Waals surface area (Å²) in [5.41, 5.74) is 6.27. The summed E-state index contributed by atoms with van der Waals surface area (Å²) in [5, 5.41) is 0.963. The quantitative estimate of drug-likeness (QED) is 0.674. The van der Waals surface area contributed by atoms with Crippen LogP contribution in [0.1, 0.15) is 62.5 Å². The van der Waals surface area contributed by atoms with Crippen molar-refractivity contribution in [1.82, 2.24) is 14.9 Å². The molecule has 2 fully saturated rings. The molecule has 5 rings (SSSR count). The highest BCUT2D eigenvalue weighted by Gasteiger charge is 2.28. The lowest BCUT2D eigenvalue weighted by Gasteiger charge is -2.38. The maximum absolute atomic E-state index is 6.27. The number of fused-ring (bicyclic) bond motifs is 1. The predicted molar refractivity (Wildman–Crippen MR) is 110 cm³/mol. The standard InChI is InChI=1S/C21H26N4OS/c1-12-4-3-5-13(2)25(12)11-15-10-16-19(22)23-20(24-21(16)27-15)18-9-8-17(26-18)14-6-7-14/h8-10,12-14H,3-7,11H2,1-2H3,(H2,22,23,24)/t12-,13+. The molecule has 0 amide bonds. The monoisotopic (exact) mass is 382 g/mol. The summed E-state index contributed by atoms with van der Waals surface area (Å²) in [5.74, 6) is 3.49. The van der Waals surface area contributed by atoms with Gasteiger partial charge in [-0.25, -0.2) is 9.97 Å². The Labute approximate surface area is 163 Å². The Kier molecular flexibility index (Phi) is 4.20.